The van der Waals surface area contributed by atoms with E-state index < -0.39 is 4.92 Å². The van der Waals surface area contributed by atoms with Crippen LogP contribution in [0.4, 0.5) is 11.4 Å². The van der Waals surface area contributed by atoms with Crippen LogP contribution in [0.3, 0.4) is 0 Å². The Hall–Kier alpha value is -1.98. The molecule has 0 aliphatic rings. The number of para-hydroxylation sites is 1. The molecule has 7 heteroatoms. The van der Waals surface area contributed by atoms with E-state index in [-0.39, 0.29) is 17.2 Å². The van der Waals surface area contributed by atoms with Crippen molar-refractivity contribution in [1.29, 1.82) is 0 Å². The molecule has 2 aromatic rings. The van der Waals surface area contributed by atoms with Gasteiger partial charge >= 0.3 is 5.69 Å². The molecule has 0 aliphatic carbocycles. The third-order valence-electron chi connectivity index (χ3n) is 2.66. The maximum atomic E-state index is 11.3. The number of nitrogens with zero attached hydrogens (tertiary/aromatic N) is 1. The van der Waals surface area contributed by atoms with E-state index in [2.05, 4.69) is 5.32 Å². The lowest BCUT2D eigenvalue weighted by Crippen LogP contribution is -2.02. The van der Waals surface area contributed by atoms with Gasteiger partial charge in [-0.2, -0.15) is 0 Å². The quantitative estimate of drug-likeness (QED) is 0.611. The lowest BCUT2D eigenvalue weighted by atomic mass is 10.2. The van der Waals surface area contributed by atoms with Gasteiger partial charge in [0, 0.05) is 17.6 Å². The van der Waals surface area contributed by atoms with Crippen molar-refractivity contribution in [1.82, 2.24) is 0 Å². The van der Waals surface area contributed by atoms with E-state index >= 15 is 0 Å². The number of hydrogen-bond acceptors (Lipinski definition) is 4. The van der Waals surface area contributed by atoms with Crippen LogP contribution in [0.25, 0.3) is 0 Å². The van der Waals surface area contributed by atoms with Crippen LogP contribution < -0.4 is 10.1 Å². The lowest BCUT2D eigenvalue weighted by molar-refractivity contribution is -0.384. The van der Waals surface area contributed by atoms with E-state index in [0.717, 1.165) is 0 Å². The van der Waals surface area contributed by atoms with Gasteiger partial charge in [0.15, 0.2) is 0 Å². The van der Waals surface area contributed by atoms with Gasteiger partial charge in [0.05, 0.1) is 9.95 Å². The summed E-state index contributed by atoms with van der Waals surface area (Å²) in [4.78, 5) is 10.8. The van der Waals surface area contributed by atoms with E-state index in [1.807, 2.05) is 6.92 Å². The van der Waals surface area contributed by atoms with Crippen molar-refractivity contribution in [2.45, 2.75) is 6.92 Å². The number of nitrogens with one attached hydrogen (secondary N) is 1. The van der Waals surface area contributed by atoms with E-state index in [9.17, 15) is 10.1 Å². The molecular formula is C14H12Cl2N2O3. The second-order valence-electron chi connectivity index (χ2n) is 4.12. The summed E-state index contributed by atoms with van der Waals surface area (Å²) in [5.41, 5.74) is 0.244. The van der Waals surface area contributed by atoms with Crippen LogP contribution in [-0.2, 0) is 0 Å². The predicted molar refractivity (Wildman–Crippen MR) is 83.8 cm³/mol. The van der Waals surface area contributed by atoms with Crippen LogP contribution in [0, 0.1) is 10.1 Å². The number of ether oxygens (including phenoxy) is 1. The number of anilines is 1. The molecule has 0 aromatic heterocycles. The molecule has 2 rings (SSSR count). The molecule has 0 saturated heterocycles. The fourth-order valence-electron chi connectivity index (χ4n) is 1.80. The highest BCUT2D eigenvalue weighted by Gasteiger charge is 2.21. The first kappa shape index (κ1) is 15.4. The van der Waals surface area contributed by atoms with Gasteiger partial charge in [0.1, 0.15) is 11.4 Å². The maximum Gasteiger partial charge on any atom is 0.334 e. The minimum absolute atomic E-state index is 0.0996. The highest BCUT2D eigenvalue weighted by Crippen LogP contribution is 2.39. The number of rotatable bonds is 5. The van der Waals surface area contributed by atoms with Gasteiger partial charge in [-0.25, -0.2) is 0 Å². The number of hydrogen-bond donors (Lipinski definition) is 1. The van der Waals surface area contributed by atoms with Crippen LogP contribution in [-0.4, -0.2) is 11.5 Å². The molecule has 0 unspecified atom stereocenters. The first-order valence-electron chi connectivity index (χ1n) is 6.17. The van der Waals surface area contributed by atoms with Crippen molar-refractivity contribution in [2.24, 2.45) is 0 Å². The topological polar surface area (TPSA) is 64.4 Å². The average molecular weight is 327 g/mol. The molecule has 110 valence electrons. The Morgan fingerprint density at radius 3 is 2.67 bits per heavy atom. The summed E-state index contributed by atoms with van der Waals surface area (Å²) in [6.45, 7) is 2.41. The number of benzene rings is 2. The molecule has 0 aliphatic heterocycles. The van der Waals surface area contributed by atoms with Crippen molar-refractivity contribution >= 4 is 34.6 Å². The molecule has 0 radical (unpaired) electrons. The molecule has 1 N–H and O–H groups in total. The average Bonchev–Trinajstić information content (AvgIpc) is 2.43. The first-order valence-corrected chi connectivity index (χ1v) is 6.92. The van der Waals surface area contributed by atoms with Gasteiger partial charge in [-0.1, -0.05) is 29.3 Å². The van der Waals surface area contributed by atoms with E-state index in [4.69, 9.17) is 27.9 Å². The monoisotopic (exact) mass is 326 g/mol. The van der Waals surface area contributed by atoms with Gasteiger partial charge in [-0.3, -0.25) is 10.1 Å². The molecule has 0 spiro atoms. The fraction of sp³-hybridized carbons (Fsp3) is 0.143. The summed E-state index contributed by atoms with van der Waals surface area (Å²) in [6.07, 6.45) is 0. The minimum atomic E-state index is -0.494. The zero-order valence-corrected chi connectivity index (χ0v) is 12.6. The summed E-state index contributed by atoms with van der Waals surface area (Å²) in [7, 11) is 0. The second-order valence-corrected chi connectivity index (χ2v) is 4.96. The van der Waals surface area contributed by atoms with E-state index in [1.165, 1.54) is 12.1 Å². The highest BCUT2D eigenvalue weighted by atomic mass is 35.5. The van der Waals surface area contributed by atoms with Crippen molar-refractivity contribution in [3.8, 4) is 11.5 Å². The fourth-order valence-corrected chi connectivity index (χ4v) is 2.12. The Morgan fingerprint density at radius 2 is 2.00 bits per heavy atom. The molecule has 2 aromatic carbocycles. The van der Waals surface area contributed by atoms with E-state index in [0.29, 0.717) is 22.3 Å². The molecule has 0 bridgehead atoms. The molecule has 0 fully saturated rings. The Balaban J connectivity index is 2.46. The highest BCUT2D eigenvalue weighted by molar-refractivity contribution is 6.34. The standard InChI is InChI=1S/C14H12Cl2N2O3/c1-2-17-11-4-3-5-12(14(11)18(19)20)21-13-8-9(15)6-7-10(13)16/h3-8,17H,2H2,1H3. The molecular weight excluding hydrogens is 315 g/mol. The number of nitro benzene ring substituents is 1. The van der Waals surface area contributed by atoms with Gasteiger partial charge in [0.2, 0.25) is 5.75 Å². The molecule has 0 amide bonds. The summed E-state index contributed by atoms with van der Waals surface area (Å²) < 4.78 is 5.57. The molecule has 0 heterocycles. The molecule has 5 nitrogen and oxygen atoms in total. The Morgan fingerprint density at radius 1 is 1.24 bits per heavy atom. The van der Waals surface area contributed by atoms with Crippen molar-refractivity contribution in [3.63, 3.8) is 0 Å². The SMILES string of the molecule is CCNc1cccc(Oc2cc(Cl)ccc2Cl)c1[N+](=O)[O-]. The maximum absolute atomic E-state index is 11.3. The molecule has 21 heavy (non-hydrogen) atoms. The van der Waals surface area contributed by atoms with Crippen molar-refractivity contribution < 1.29 is 9.66 Å². The zero-order valence-electron chi connectivity index (χ0n) is 11.1. The summed E-state index contributed by atoms with van der Waals surface area (Å²) in [6, 6.07) is 9.48. The molecule has 0 atom stereocenters. The van der Waals surface area contributed by atoms with Crippen LogP contribution in [0.1, 0.15) is 6.92 Å². The van der Waals surface area contributed by atoms with Crippen LogP contribution in [0.5, 0.6) is 11.5 Å². The zero-order chi connectivity index (χ0) is 15.4. The van der Waals surface area contributed by atoms with E-state index in [1.54, 1.807) is 24.3 Å². The van der Waals surface area contributed by atoms with Crippen molar-refractivity contribution in [3.05, 3.63) is 56.6 Å². The van der Waals surface area contributed by atoms with Gasteiger partial charge in [-0.05, 0) is 31.2 Å². The summed E-state index contributed by atoms with van der Waals surface area (Å²) in [5, 5.41) is 15.0. The minimum Gasteiger partial charge on any atom is -0.448 e. The summed E-state index contributed by atoms with van der Waals surface area (Å²) >= 11 is 11.9. The number of nitro groups is 1. The Kier molecular flexibility index (Phi) is 4.88. The van der Waals surface area contributed by atoms with Gasteiger partial charge in [-0.15, -0.1) is 0 Å². The van der Waals surface area contributed by atoms with Gasteiger partial charge in [0.25, 0.3) is 0 Å². The number of halogens is 2. The second kappa shape index (κ2) is 6.65. The molecule has 0 saturated carbocycles. The first-order chi connectivity index (χ1) is 10.0. The van der Waals surface area contributed by atoms with Crippen LogP contribution in [0.15, 0.2) is 36.4 Å². The van der Waals surface area contributed by atoms with Crippen molar-refractivity contribution in [2.75, 3.05) is 11.9 Å². The van der Waals surface area contributed by atoms with Crippen LogP contribution in [0.2, 0.25) is 10.0 Å². The third kappa shape index (κ3) is 3.56. The Labute approximate surface area is 131 Å². The van der Waals surface area contributed by atoms with Gasteiger partial charge < -0.3 is 10.1 Å². The largest absolute Gasteiger partial charge is 0.448 e. The third-order valence-corrected chi connectivity index (χ3v) is 3.21. The van der Waals surface area contributed by atoms with Crippen LogP contribution >= 0.6 is 23.2 Å². The smallest absolute Gasteiger partial charge is 0.334 e. The summed E-state index contributed by atoms with van der Waals surface area (Å²) in [5.74, 6) is 0.364. The predicted octanol–water partition coefficient (Wildman–Crippen LogP) is 5.13. The Bertz CT molecular complexity index is 677. The lowest BCUT2D eigenvalue weighted by Gasteiger charge is -2.11. The normalized spacial score (nSPS) is 10.2.